The van der Waals surface area contributed by atoms with Gasteiger partial charge in [-0.3, -0.25) is 14.4 Å². The molecular weight excluding hydrogens is 721 g/mol. The standard InChI is InChI=1S/C52H100O6/c1-6-7-8-9-10-11-18-23-28-34-39-44-52(55)58-49(46-57-51(54)43-38-33-29-24-26-31-36-41-48(4)5)45-56-50(53)42-37-32-27-22-20-17-15-13-12-14-16-19-21-25-30-35-40-47(2)3/h47-49H,6-46H2,1-5H3/t49-/m1/s1. The van der Waals surface area contributed by atoms with Crippen molar-refractivity contribution in [2.24, 2.45) is 11.8 Å². The Balaban J connectivity index is 4.22. The second kappa shape index (κ2) is 44.9. The van der Waals surface area contributed by atoms with Gasteiger partial charge in [-0.15, -0.1) is 0 Å². The Bertz CT molecular complexity index is 885. The predicted octanol–water partition coefficient (Wildman–Crippen LogP) is 16.5. The minimum Gasteiger partial charge on any atom is -0.462 e. The molecule has 6 nitrogen and oxygen atoms in total. The van der Waals surface area contributed by atoms with E-state index in [2.05, 4.69) is 34.6 Å². The summed E-state index contributed by atoms with van der Waals surface area (Å²) in [6, 6.07) is 0. The first-order chi connectivity index (χ1) is 28.2. The van der Waals surface area contributed by atoms with Crippen LogP contribution >= 0.6 is 0 Å². The molecule has 0 heterocycles. The van der Waals surface area contributed by atoms with Gasteiger partial charge in [0, 0.05) is 19.3 Å². The van der Waals surface area contributed by atoms with Gasteiger partial charge in [0.05, 0.1) is 0 Å². The van der Waals surface area contributed by atoms with Crippen LogP contribution in [0.15, 0.2) is 0 Å². The second-order valence-corrected chi connectivity index (χ2v) is 18.8. The van der Waals surface area contributed by atoms with E-state index in [-0.39, 0.29) is 31.1 Å². The molecule has 0 spiro atoms. The van der Waals surface area contributed by atoms with Crippen molar-refractivity contribution >= 4 is 17.9 Å². The van der Waals surface area contributed by atoms with Crippen molar-refractivity contribution in [2.45, 2.75) is 291 Å². The van der Waals surface area contributed by atoms with E-state index < -0.39 is 6.10 Å². The van der Waals surface area contributed by atoms with Crippen molar-refractivity contribution in [1.82, 2.24) is 0 Å². The van der Waals surface area contributed by atoms with Crippen molar-refractivity contribution in [3.8, 4) is 0 Å². The van der Waals surface area contributed by atoms with Crippen LogP contribution in [0.4, 0.5) is 0 Å². The van der Waals surface area contributed by atoms with Crippen molar-refractivity contribution in [3.05, 3.63) is 0 Å². The van der Waals surface area contributed by atoms with E-state index in [0.29, 0.717) is 19.3 Å². The summed E-state index contributed by atoms with van der Waals surface area (Å²) in [5.41, 5.74) is 0. The fraction of sp³-hybridized carbons (Fsp3) is 0.942. The average Bonchev–Trinajstić information content (AvgIpc) is 3.19. The molecule has 344 valence electrons. The first kappa shape index (κ1) is 56.4. The number of carbonyl (C=O) groups is 3. The average molecular weight is 821 g/mol. The summed E-state index contributed by atoms with van der Waals surface area (Å²) in [7, 11) is 0. The van der Waals surface area contributed by atoms with Crippen LogP contribution in [-0.2, 0) is 28.6 Å². The van der Waals surface area contributed by atoms with Crippen LogP contribution < -0.4 is 0 Å². The van der Waals surface area contributed by atoms with Gasteiger partial charge in [0.2, 0.25) is 0 Å². The number of esters is 3. The van der Waals surface area contributed by atoms with Gasteiger partial charge < -0.3 is 14.2 Å². The molecular formula is C52H100O6. The molecule has 0 rings (SSSR count). The Hall–Kier alpha value is -1.59. The number of hydrogen-bond donors (Lipinski definition) is 0. The third kappa shape index (κ3) is 45.5. The summed E-state index contributed by atoms with van der Waals surface area (Å²) in [5, 5.41) is 0. The number of rotatable bonds is 46. The molecule has 1 atom stereocenters. The van der Waals surface area contributed by atoms with Crippen LogP contribution in [0.3, 0.4) is 0 Å². The van der Waals surface area contributed by atoms with Crippen molar-refractivity contribution < 1.29 is 28.6 Å². The van der Waals surface area contributed by atoms with Gasteiger partial charge in [0.1, 0.15) is 13.2 Å². The number of unbranched alkanes of at least 4 members (excludes halogenated alkanes) is 31. The SMILES string of the molecule is CCCCCCCCCCCCCC(=O)O[C@H](COC(=O)CCCCCCCCCCCCCCCCCCC(C)C)COC(=O)CCCCCCCCCC(C)C. The van der Waals surface area contributed by atoms with E-state index >= 15 is 0 Å². The van der Waals surface area contributed by atoms with E-state index in [4.69, 9.17) is 14.2 Å². The Morgan fingerprint density at radius 3 is 0.845 bits per heavy atom. The molecule has 6 heteroatoms. The number of hydrogen-bond acceptors (Lipinski definition) is 6. The van der Waals surface area contributed by atoms with Gasteiger partial charge in [0.15, 0.2) is 6.10 Å². The lowest BCUT2D eigenvalue weighted by Crippen LogP contribution is -2.30. The lowest BCUT2D eigenvalue weighted by Gasteiger charge is -2.18. The lowest BCUT2D eigenvalue weighted by molar-refractivity contribution is -0.167. The molecule has 0 saturated carbocycles. The summed E-state index contributed by atoms with van der Waals surface area (Å²) >= 11 is 0. The van der Waals surface area contributed by atoms with E-state index in [1.54, 1.807) is 0 Å². The maximum atomic E-state index is 12.7. The first-order valence-electron chi connectivity index (χ1n) is 25.7. The fourth-order valence-corrected chi connectivity index (χ4v) is 7.81. The van der Waals surface area contributed by atoms with Gasteiger partial charge in [0.25, 0.3) is 0 Å². The second-order valence-electron chi connectivity index (χ2n) is 18.8. The summed E-state index contributed by atoms with van der Waals surface area (Å²) in [5.74, 6) is 0.782. The molecule has 0 bridgehead atoms. The third-order valence-corrected chi connectivity index (χ3v) is 11.7. The normalized spacial score (nSPS) is 12.1. The van der Waals surface area contributed by atoms with Crippen molar-refractivity contribution in [2.75, 3.05) is 13.2 Å². The number of carbonyl (C=O) groups excluding carboxylic acids is 3. The molecule has 0 fully saturated rings. The smallest absolute Gasteiger partial charge is 0.306 e. The maximum absolute atomic E-state index is 12.7. The molecule has 0 N–H and O–H groups in total. The van der Waals surface area contributed by atoms with E-state index in [9.17, 15) is 14.4 Å². The van der Waals surface area contributed by atoms with Gasteiger partial charge in [-0.2, -0.15) is 0 Å². The Kier molecular flexibility index (Phi) is 43.7. The molecule has 0 aliphatic rings. The monoisotopic (exact) mass is 821 g/mol. The molecule has 0 aromatic rings. The van der Waals surface area contributed by atoms with Crippen LogP contribution in [0, 0.1) is 11.8 Å². The topological polar surface area (TPSA) is 78.9 Å². The quantitative estimate of drug-likeness (QED) is 0.0346. The van der Waals surface area contributed by atoms with Crippen LogP contribution in [0.25, 0.3) is 0 Å². The highest BCUT2D eigenvalue weighted by Gasteiger charge is 2.19. The highest BCUT2D eigenvalue weighted by atomic mass is 16.6. The Labute approximate surface area is 361 Å². The van der Waals surface area contributed by atoms with E-state index in [0.717, 1.165) is 69.6 Å². The van der Waals surface area contributed by atoms with Gasteiger partial charge in [-0.1, -0.05) is 247 Å². The molecule has 0 amide bonds. The highest BCUT2D eigenvalue weighted by Crippen LogP contribution is 2.17. The number of ether oxygens (including phenoxy) is 3. The molecule has 0 aliphatic carbocycles. The van der Waals surface area contributed by atoms with Crippen LogP contribution in [0.1, 0.15) is 285 Å². The summed E-state index contributed by atoms with van der Waals surface area (Å²) in [4.78, 5) is 37.8. The van der Waals surface area contributed by atoms with Crippen LogP contribution in [0.2, 0.25) is 0 Å². The van der Waals surface area contributed by atoms with Gasteiger partial charge in [-0.05, 0) is 31.1 Å². The summed E-state index contributed by atoms with van der Waals surface area (Å²) in [6.45, 7) is 11.3. The zero-order valence-corrected chi connectivity index (χ0v) is 39.7. The molecule has 0 aliphatic heterocycles. The lowest BCUT2D eigenvalue weighted by atomic mass is 10.0. The predicted molar refractivity (Wildman–Crippen MR) is 247 cm³/mol. The molecule has 0 unspecified atom stereocenters. The maximum Gasteiger partial charge on any atom is 0.306 e. The zero-order chi connectivity index (χ0) is 42.6. The third-order valence-electron chi connectivity index (χ3n) is 11.7. The molecule has 0 aromatic carbocycles. The minimum atomic E-state index is -0.761. The highest BCUT2D eigenvalue weighted by molar-refractivity contribution is 5.71. The largest absolute Gasteiger partial charge is 0.462 e. The minimum absolute atomic E-state index is 0.0641. The Morgan fingerprint density at radius 2 is 0.569 bits per heavy atom. The van der Waals surface area contributed by atoms with E-state index in [1.807, 2.05) is 0 Å². The van der Waals surface area contributed by atoms with Crippen molar-refractivity contribution in [3.63, 3.8) is 0 Å². The molecule has 0 saturated heterocycles. The summed E-state index contributed by atoms with van der Waals surface area (Å²) in [6.07, 6.45) is 45.3. The molecule has 58 heavy (non-hydrogen) atoms. The Morgan fingerprint density at radius 1 is 0.328 bits per heavy atom. The fourth-order valence-electron chi connectivity index (χ4n) is 7.81. The van der Waals surface area contributed by atoms with Crippen molar-refractivity contribution in [1.29, 1.82) is 0 Å². The molecule has 0 radical (unpaired) electrons. The van der Waals surface area contributed by atoms with Crippen LogP contribution in [-0.4, -0.2) is 37.2 Å². The zero-order valence-electron chi connectivity index (χ0n) is 39.7. The van der Waals surface area contributed by atoms with Gasteiger partial charge >= 0.3 is 17.9 Å². The van der Waals surface area contributed by atoms with E-state index in [1.165, 1.54) is 173 Å². The first-order valence-corrected chi connectivity index (χ1v) is 25.7. The summed E-state index contributed by atoms with van der Waals surface area (Å²) < 4.78 is 16.8. The van der Waals surface area contributed by atoms with Gasteiger partial charge in [-0.25, -0.2) is 0 Å². The molecule has 0 aromatic heterocycles. The van der Waals surface area contributed by atoms with Crippen LogP contribution in [0.5, 0.6) is 0 Å².